The van der Waals surface area contributed by atoms with Crippen molar-refractivity contribution in [3.05, 3.63) is 65.2 Å². The molecule has 0 saturated heterocycles. The van der Waals surface area contributed by atoms with Gasteiger partial charge >= 0.3 is 0 Å². The second kappa shape index (κ2) is 9.14. The number of rotatable bonds is 5. The van der Waals surface area contributed by atoms with Crippen molar-refractivity contribution in [2.45, 2.75) is 24.4 Å². The van der Waals surface area contributed by atoms with Crippen molar-refractivity contribution in [1.29, 1.82) is 0 Å². The number of ether oxygens (including phenoxy) is 5. The summed E-state index contributed by atoms with van der Waals surface area (Å²) in [5.41, 5.74) is 0.892. The van der Waals surface area contributed by atoms with Crippen LogP contribution < -0.4 is 18.9 Å². The summed E-state index contributed by atoms with van der Waals surface area (Å²) in [6.45, 7) is 0.220. The molecule has 0 fully saturated rings. The van der Waals surface area contributed by atoms with E-state index in [0.717, 1.165) is 6.07 Å². The van der Waals surface area contributed by atoms with Crippen molar-refractivity contribution >= 4 is 5.78 Å². The molecular formula is C26H24O10. The zero-order valence-electron chi connectivity index (χ0n) is 19.4. The summed E-state index contributed by atoms with van der Waals surface area (Å²) in [6.07, 6.45) is -3.87. The van der Waals surface area contributed by atoms with Gasteiger partial charge in [0.25, 0.3) is 0 Å². The molecule has 4 N–H and O–H groups in total. The number of benzene rings is 3. The molecular weight excluding hydrogens is 472 g/mol. The third-order valence-electron chi connectivity index (χ3n) is 6.15. The van der Waals surface area contributed by atoms with Crippen LogP contribution in [-0.2, 0) is 4.74 Å². The average Bonchev–Trinajstić information content (AvgIpc) is 2.85. The van der Waals surface area contributed by atoms with Crippen molar-refractivity contribution in [2.75, 3.05) is 20.8 Å². The molecule has 0 bridgehead atoms. The third kappa shape index (κ3) is 4.00. The van der Waals surface area contributed by atoms with Crippen molar-refractivity contribution in [2.24, 2.45) is 0 Å². The van der Waals surface area contributed by atoms with Crippen LogP contribution in [0.2, 0.25) is 0 Å². The SMILES string of the molecule is COC[C@@H]1Oc2ccc([C@@H]3Oc4cc(O)cc(O)c4C(=O)[C@@H]3O)cc2O[C@@H]1c1ccc(O)c(OC)c1. The Morgan fingerprint density at radius 2 is 1.53 bits per heavy atom. The van der Waals surface area contributed by atoms with E-state index in [-0.39, 0.29) is 35.2 Å². The molecule has 0 spiro atoms. The van der Waals surface area contributed by atoms with Crippen molar-refractivity contribution < 1.29 is 48.9 Å². The van der Waals surface area contributed by atoms with Gasteiger partial charge in [0.15, 0.2) is 47.4 Å². The molecule has 10 heteroatoms. The van der Waals surface area contributed by atoms with E-state index in [9.17, 15) is 25.2 Å². The number of aliphatic hydroxyl groups is 1. The largest absolute Gasteiger partial charge is 0.508 e. The highest BCUT2D eigenvalue weighted by Gasteiger charge is 2.40. The zero-order chi connectivity index (χ0) is 25.6. The molecule has 2 aliphatic heterocycles. The van der Waals surface area contributed by atoms with Crippen LogP contribution in [0, 0.1) is 0 Å². The minimum atomic E-state index is -1.60. The molecule has 4 atom stereocenters. The molecule has 36 heavy (non-hydrogen) atoms. The number of Topliss-reactive ketones (excluding diaryl/α,β-unsaturated/α-hetero) is 1. The molecule has 3 aromatic carbocycles. The van der Waals surface area contributed by atoms with E-state index in [4.69, 9.17) is 23.7 Å². The van der Waals surface area contributed by atoms with Crippen molar-refractivity contribution in [1.82, 2.24) is 0 Å². The van der Waals surface area contributed by atoms with E-state index in [0.29, 0.717) is 22.6 Å². The van der Waals surface area contributed by atoms with Gasteiger partial charge in [0.1, 0.15) is 22.8 Å². The highest BCUT2D eigenvalue weighted by molar-refractivity contribution is 6.05. The molecule has 0 aliphatic carbocycles. The molecule has 0 amide bonds. The van der Waals surface area contributed by atoms with Crippen LogP contribution in [0.4, 0.5) is 0 Å². The molecule has 188 valence electrons. The predicted molar refractivity (Wildman–Crippen MR) is 124 cm³/mol. The topological polar surface area (TPSA) is 144 Å². The Hall–Kier alpha value is -4.15. The Labute approximate surface area is 205 Å². The fourth-order valence-electron chi connectivity index (χ4n) is 4.43. The van der Waals surface area contributed by atoms with Gasteiger partial charge in [0, 0.05) is 24.8 Å². The van der Waals surface area contributed by atoms with Crippen molar-refractivity contribution in [3.8, 4) is 40.2 Å². The van der Waals surface area contributed by atoms with Gasteiger partial charge < -0.3 is 44.1 Å². The summed E-state index contributed by atoms with van der Waals surface area (Å²) >= 11 is 0. The van der Waals surface area contributed by atoms with E-state index in [1.54, 1.807) is 37.4 Å². The Bertz CT molecular complexity index is 1320. The van der Waals surface area contributed by atoms with Crippen LogP contribution >= 0.6 is 0 Å². The molecule has 2 aliphatic rings. The second-order valence-electron chi connectivity index (χ2n) is 8.47. The standard InChI is InChI=1S/C26H24O10/c1-32-11-21-25(12-3-5-15(28)18(7-12)33-2)35-19-8-13(4-6-17(19)34-21)26-24(31)23(30)22-16(29)9-14(27)10-20(22)36-26/h3-10,21,24-29,31H,11H2,1-2H3/t21-,24-,25+,26-/m0/s1. The van der Waals surface area contributed by atoms with Gasteiger partial charge in [-0.25, -0.2) is 0 Å². The molecule has 0 aromatic heterocycles. The number of ketones is 1. The molecule has 0 radical (unpaired) electrons. The van der Waals surface area contributed by atoms with Crippen LogP contribution in [-0.4, -0.2) is 59.2 Å². The number of hydrogen-bond donors (Lipinski definition) is 4. The quantitative estimate of drug-likeness (QED) is 0.416. The molecule has 0 unspecified atom stereocenters. The third-order valence-corrected chi connectivity index (χ3v) is 6.15. The molecule has 0 saturated carbocycles. The number of methoxy groups -OCH3 is 2. The van der Waals surface area contributed by atoms with Gasteiger partial charge in [0.2, 0.25) is 5.78 Å². The van der Waals surface area contributed by atoms with Gasteiger partial charge in [-0.3, -0.25) is 4.79 Å². The molecule has 2 heterocycles. The highest BCUT2D eigenvalue weighted by Crippen LogP contribution is 2.46. The maximum Gasteiger partial charge on any atom is 0.202 e. The average molecular weight is 496 g/mol. The van der Waals surface area contributed by atoms with Gasteiger partial charge in [-0.05, 0) is 29.8 Å². The van der Waals surface area contributed by atoms with Gasteiger partial charge in [0.05, 0.1) is 13.7 Å². The zero-order valence-corrected chi connectivity index (χ0v) is 19.4. The predicted octanol–water partition coefficient (Wildman–Crippen LogP) is 3.02. The van der Waals surface area contributed by atoms with Gasteiger partial charge in [-0.2, -0.15) is 0 Å². The normalized spacial score (nSPS) is 22.5. The summed E-state index contributed by atoms with van der Waals surface area (Å²) in [4.78, 5) is 12.8. The monoisotopic (exact) mass is 496 g/mol. The summed E-state index contributed by atoms with van der Waals surface area (Å²) in [7, 11) is 2.99. The van der Waals surface area contributed by atoms with E-state index in [1.807, 2.05) is 0 Å². The number of aliphatic hydroxyl groups excluding tert-OH is 1. The van der Waals surface area contributed by atoms with Crippen molar-refractivity contribution in [3.63, 3.8) is 0 Å². The summed E-state index contributed by atoms with van der Waals surface area (Å²) < 4.78 is 28.8. The number of hydrogen-bond acceptors (Lipinski definition) is 10. The first-order valence-corrected chi connectivity index (χ1v) is 11.1. The minimum absolute atomic E-state index is 0.0191. The van der Waals surface area contributed by atoms with Crippen LogP contribution in [0.25, 0.3) is 0 Å². The molecule has 10 nitrogen and oxygen atoms in total. The van der Waals surface area contributed by atoms with Crippen LogP contribution in [0.15, 0.2) is 48.5 Å². The van der Waals surface area contributed by atoms with Crippen LogP contribution in [0.3, 0.4) is 0 Å². The lowest BCUT2D eigenvalue weighted by molar-refractivity contribution is -0.0244. The maximum absolute atomic E-state index is 12.8. The first-order chi connectivity index (χ1) is 17.3. The maximum atomic E-state index is 12.8. The number of phenolic OH excluding ortho intramolecular Hbond substituents is 3. The van der Waals surface area contributed by atoms with Gasteiger partial charge in [-0.1, -0.05) is 12.1 Å². The van der Waals surface area contributed by atoms with E-state index in [2.05, 4.69) is 0 Å². The van der Waals surface area contributed by atoms with Crippen LogP contribution in [0.5, 0.6) is 40.2 Å². The first-order valence-electron chi connectivity index (χ1n) is 11.1. The summed E-state index contributed by atoms with van der Waals surface area (Å²) in [6, 6.07) is 11.9. The second-order valence-corrected chi connectivity index (χ2v) is 8.47. The van der Waals surface area contributed by atoms with E-state index >= 15 is 0 Å². The lowest BCUT2D eigenvalue weighted by atomic mass is 9.92. The Balaban J connectivity index is 1.50. The number of aromatic hydroxyl groups is 3. The van der Waals surface area contributed by atoms with Crippen LogP contribution in [0.1, 0.15) is 33.7 Å². The number of carbonyl (C=O) groups is 1. The van der Waals surface area contributed by atoms with E-state index in [1.165, 1.54) is 19.2 Å². The lowest BCUT2D eigenvalue weighted by Crippen LogP contribution is -2.37. The molecule has 5 rings (SSSR count). The van der Waals surface area contributed by atoms with Gasteiger partial charge in [-0.15, -0.1) is 0 Å². The number of phenols is 3. The molecule has 3 aromatic rings. The highest BCUT2D eigenvalue weighted by atomic mass is 16.6. The summed E-state index contributed by atoms with van der Waals surface area (Å²) in [5, 5.41) is 40.5. The summed E-state index contributed by atoms with van der Waals surface area (Å²) in [5.74, 6) is -0.526. The van der Waals surface area contributed by atoms with E-state index < -0.39 is 35.9 Å². The number of fused-ring (bicyclic) bond motifs is 2. The Morgan fingerprint density at radius 3 is 2.28 bits per heavy atom. The Kier molecular flexibility index (Phi) is 5.99. The fraction of sp³-hybridized carbons (Fsp3) is 0.269. The fourth-order valence-corrected chi connectivity index (χ4v) is 4.43. The smallest absolute Gasteiger partial charge is 0.202 e. The lowest BCUT2D eigenvalue weighted by Gasteiger charge is -2.35. The number of carbonyl (C=O) groups excluding carboxylic acids is 1. The Morgan fingerprint density at radius 1 is 0.806 bits per heavy atom. The minimum Gasteiger partial charge on any atom is -0.508 e. The first kappa shape index (κ1) is 23.6.